The Bertz CT molecular complexity index is 665. The number of rotatable bonds is 8. The van der Waals surface area contributed by atoms with Gasteiger partial charge < -0.3 is 14.8 Å². The number of amides is 1. The summed E-state index contributed by atoms with van der Waals surface area (Å²) in [7, 11) is 0. The molecule has 2 rings (SSSR count). The van der Waals surface area contributed by atoms with Gasteiger partial charge in [-0.15, -0.1) is 0 Å². The highest BCUT2D eigenvalue weighted by atomic mass is 32.2. The molecular formula is C18H24N2O3S. The van der Waals surface area contributed by atoms with E-state index in [2.05, 4.69) is 10.3 Å². The summed E-state index contributed by atoms with van der Waals surface area (Å²) in [5, 5.41) is 12.8. The molecule has 1 amide bonds. The molecule has 24 heavy (non-hydrogen) atoms. The van der Waals surface area contributed by atoms with Gasteiger partial charge in [0.2, 0.25) is 5.91 Å². The Morgan fingerprint density at radius 2 is 2.08 bits per heavy atom. The van der Waals surface area contributed by atoms with Crippen LogP contribution in [0.5, 0.6) is 0 Å². The van der Waals surface area contributed by atoms with E-state index in [1.807, 2.05) is 37.4 Å². The second-order valence-corrected chi connectivity index (χ2v) is 7.06. The second kappa shape index (κ2) is 8.35. The molecule has 130 valence electrons. The highest BCUT2D eigenvalue weighted by Crippen LogP contribution is 2.21. The first-order chi connectivity index (χ1) is 11.4. The van der Waals surface area contributed by atoms with E-state index in [4.69, 9.17) is 4.42 Å². The molecule has 6 heteroatoms. The number of aromatic nitrogens is 1. The van der Waals surface area contributed by atoms with E-state index < -0.39 is 5.60 Å². The predicted octanol–water partition coefficient (Wildman–Crippen LogP) is 2.81. The van der Waals surface area contributed by atoms with Gasteiger partial charge in [-0.1, -0.05) is 29.8 Å². The molecule has 1 aromatic carbocycles. The van der Waals surface area contributed by atoms with E-state index in [1.54, 1.807) is 24.9 Å². The number of benzene rings is 1. The predicted molar refractivity (Wildman–Crippen MR) is 97.0 cm³/mol. The summed E-state index contributed by atoms with van der Waals surface area (Å²) in [4.78, 5) is 16.1. The molecule has 1 unspecified atom stereocenters. The van der Waals surface area contributed by atoms with E-state index in [9.17, 15) is 9.90 Å². The summed E-state index contributed by atoms with van der Waals surface area (Å²) >= 11 is 1.55. The van der Waals surface area contributed by atoms with Crippen LogP contribution in [0.25, 0.3) is 11.3 Å². The van der Waals surface area contributed by atoms with E-state index in [-0.39, 0.29) is 18.9 Å². The number of carbonyl (C=O) groups excluding carboxylic acids is 1. The van der Waals surface area contributed by atoms with E-state index >= 15 is 0 Å². The minimum absolute atomic E-state index is 0.119. The fraction of sp³-hybridized carbons (Fsp3) is 0.444. The molecule has 0 radical (unpaired) electrons. The number of hydrogen-bond donors (Lipinski definition) is 2. The van der Waals surface area contributed by atoms with Gasteiger partial charge in [0.15, 0.2) is 11.7 Å². The van der Waals surface area contributed by atoms with Crippen molar-refractivity contribution in [3.63, 3.8) is 0 Å². The molecule has 0 aliphatic carbocycles. The largest absolute Gasteiger partial charge is 0.441 e. The second-order valence-electron chi connectivity index (χ2n) is 6.19. The summed E-state index contributed by atoms with van der Waals surface area (Å²) in [6.45, 7) is 3.99. The van der Waals surface area contributed by atoms with Gasteiger partial charge in [0.05, 0.1) is 11.8 Å². The van der Waals surface area contributed by atoms with Crippen LogP contribution >= 0.6 is 11.8 Å². The number of nitrogens with one attached hydrogen (secondary N) is 1. The average Bonchev–Trinajstić information content (AvgIpc) is 3.01. The molecule has 1 heterocycles. The highest BCUT2D eigenvalue weighted by molar-refractivity contribution is 7.98. The van der Waals surface area contributed by atoms with Gasteiger partial charge in [-0.2, -0.15) is 11.8 Å². The van der Waals surface area contributed by atoms with Crippen molar-refractivity contribution in [3.8, 4) is 11.3 Å². The molecule has 1 aromatic heterocycles. The number of nitrogens with zero attached hydrogens (tertiary/aromatic N) is 1. The number of oxazole rings is 1. The zero-order chi connectivity index (χ0) is 17.6. The quantitative estimate of drug-likeness (QED) is 0.767. The molecule has 0 saturated carbocycles. The van der Waals surface area contributed by atoms with Crippen LogP contribution in [0.15, 0.2) is 34.9 Å². The van der Waals surface area contributed by atoms with Crippen molar-refractivity contribution in [1.29, 1.82) is 0 Å². The van der Waals surface area contributed by atoms with Crippen LogP contribution < -0.4 is 5.32 Å². The van der Waals surface area contributed by atoms with Crippen molar-refractivity contribution in [2.45, 2.75) is 32.3 Å². The molecule has 1 atom stereocenters. The van der Waals surface area contributed by atoms with Gasteiger partial charge in [-0.3, -0.25) is 4.79 Å². The zero-order valence-corrected chi connectivity index (χ0v) is 15.2. The lowest BCUT2D eigenvalue weighted by Crippen LogP contribution is -2.42. The molecule has 2 aromatic rings. The maximum absolute atomic E-state index is 11.9. The Kier molecular flexibility index (Phi) is 6.45. The van der Waals surface area contributed by atoms with Crippen LogP contribution in [0.2, 0.25) is 0 Å². The Morgan fingerprint density at radius 1 is 1.38 bits per heavy atom. The number of carbonyl (C=O) groups is 1. The Balaban J connectivity index is 1.82. The monoisotopic (exact) mass is 348 g/mol. The zero-order valence-electron chi connectivity index (χ0n) is 14.3. The van der Waals surface area contributed by atoms with Gasteiger partial charge in [-0.05, 0) is 20.1 Å². The van der Waals surface area contributed by atoms with Crippen molar-refractivity contribution < 1.29 is 14.3 Å². The van der Waals surface area contributed by atoms with Crippen LogP contribution in [-0.4, -0.2) is 40.2 Å². The highest BCUT2D eigenvalue weighted by Gasteiger charge is 2.20. The standard InChI is InChI=1S/C18H24N2O3S/c1-13-4-6-14(7-5-13)15-10-19-17(23-15)9-8-16(21)20-11-18(2,22)12-24-3/h4-7,10,22H,8-9,11-12H2,1-3H3,(H,20,21). The lowest BCUT2D eigenvalue weighted by atomic mass is 10.1. The van der Waals surface area contributed by atoms with Crippen molar-refractivity contribution in [1.82, 2.24) is 10.3 Å². The molecule has 0 bridgehead atoms. The first kappa shape index (κ1) is 18.5. The lowest BCUT2D eigenvalue weighted by molar-refractivity contribution is -0.122. The summed E-state index contributed by atoms with van der Waals surface area (Å²) in [6, 6.07) is 8.01. The van der Waals surface area contributed by atoms with E-state index in [1.165, 1.54) is 5.56 Å². The van der Waals surface area contributed by atoms with E-state index in [0.717, 1.165) is 5.56 Å². The van der Waals surface area contributed by atoms with Crippen molar-refractivity contribution >= 4 is 17.7 Å². The molecule has 0 saturated heterocycles. The first-order valence-electron chi connectivity index (χ1n) is 7.89. The van der Waals surface area contributed by atoms with Crippen molar-refractivity contribution in [2.24, 2.45) is 0 Å². The summed E-state index contributed by atoms with van der Waals surface area (Å²) < 4.78 is 5.70. The molecule has 0 fully saturated rings. The van der Waals surface area contributed by atoms with Crippen molar-refractivity contribution in [3.05, 3.63) is 41.9 Å². The van der Waals surface area contributed by atoms with Crippen LogP contribution in [0.3, 0.4) is 0 Å². The maximum Gasteiger partial charge on any atom is 0.220 e. The van der Waals surface area contributed by atoms with Crippen LogP contribution in [-0.2, 0) is 11.2 Å². The molecule has 0 aliphatic heterocycles. The third kappa shape index (κ3) is 5.69. The minimum atomic E-state index is -0.892. The van der Waals surface area contributed by atoms with Crippen LogP contribution in [0.4, 0.5) is 0 Å². The number of aliphatic hydroxyl groups is 1. The fourth-order valence-corrected chi connectivity index (χ4v) is 2.96. The molecule has 0 spiro atoms. The van der Waals surface area contributed by atoms with Gasteiger partial charge in [0.1, 0.15) is 0 Å². The molecule has 0 aliphatic rings. The molecule has 5 nitrogen and oxygen atoms in total. The Labute approximate surface area is 146 Å². The van der Waals surface area contributed by atoms with Gasteiger partial charge in [-0.25, -0.2) is 4.98 Å². The summed E-state index contributed by atoms with van der Waals surface area (Å²) in [6.07, 6.45) is 4.32. The number of thioether (sulfide) groups is 1. The normalized spacial score (nSPS) is 13.5. The van der Waals surface area contributed by atoms with Crippen molar-refractivity contribution in [2.75, 3.05) is 18.6 Å². The number of hydrogen-bond acceptors (Lipinski definition) is 5. The Morgan fingerprint density at radius 3 is 2.75 bits per heavy atom. The average molecular weight is 348 g/mol. The van der Waals surface area contributed by atoms with Crippen LogP contribution in [0.1, 0.15) is 24.8 Å². The first-order valence-corrected chi connectivity index (χ1v) is 9.29. The van der Waals surface area contributed by atoms with Gasteiger partial charge in [0, 0.05) is 30.7 Å². The maximum atomic E-state index is 11.9. The molecule has 2 N–H and O–H groups in total. The third-order valence-corrected chi connectivity index (χ3v) is 4.49. The molecular weight excluding hydrogens is 324 g/mol. The summed E-state index contributed by atoms with van der Waals surface area (Å²) in [5.41, 5.74) is 1.26. The smallest absolute Gasteiger partial charge is 0.220 e. The number of aryl methyl sites for hydroxylation is 2. The minimum Gasteiger partial charge on any atom is -0.441 e. The SMILES string of the molecule is CSCC(C)(O)CNC(=O)CCc1ncc(-c2ccc(C)cc2)o1. The van der Waals surface area contributed by atoms with Gasteiger partial charge in [0.25, 0.3) is 0 Å². The lowest BCUT2D eigenvalue weighted by Gasteiger charge is -2.22. The Hall–Kier alpha value is -1.79. The van der Waals surface area contributed by atoms with Crippen LogP contribution in [0, 0.1) is 6.92 Å². The fourth-order valence-electron chi connectivity index (χ4n) is 2.24. The van der Waals surface area contributed by atoms with Gasteiger partial charge >= 0.3 is 0 Å². The third-order valence-electron chi connectivity index (χ3n) is 3.58. The van der Waals surface area contributed by atoms with E-state index in [0.29, 0.717) is 23.8 Å². The topological polar surface area (TPSA) is 75.4 Å². The summed E-state index contributed by atoms with van der Waals surface area (Å²) in [5.74, 6) is 1.70.